The number of ether oxygens (including phenoxy) is 2. The molecule has 4 aromatic carbocycles. The Balaban J connectivity index is 0.000000233. The van der Waals surface area contributed by atoms with Gasteiger partial charge in [-0.05, 0) is 166 Å². The van der Waals surface area contributed by atoms with Crippen molar-refractivity contribution in [1.82, 2.24) is 20.6 Å². The minimum Gasteiger partial charge on any atom is -0.493 e. The first kappa shape index (κ1) is 54.8. The SMILES string of the molecule is CCC(CC)(c1ccc(/C=C/C2(O)CCCC2)c(C)c1)c1ccc(OCCCCc2nn[nH]n2)c(C)c1.[C-]#[N+]CCCCOc1ccc(C(CC)(CC)c2ccc(/C=C/C3(O)CCCC3)c(C)c2)cc1C. The number of hydrogen-bond acceptors (Lipinski definition) is 7. The molecule has 9 nitrogen and oxygen atoms in total. The van der Waals surface area contributed by atoms with Crippen LogP contribution in [-0.4, -0.2) is 61.8 Å². The number of H-pyrrole nitrogens is 1. The van der Waals surface area contributed by atoms with Gasteiger partial charge in [-0.15, -0.1) is 10.2 Å². The average Bonchev–Trinajstić information content (AvgIpc) is 4.17. The molecule has 2 fully saturated rings. The van der Waals surface area contributed by atoms with Crippen LogP contribution in [0.2, 0.25) is 0 Å². The van der Waals surface area contributed by atoms with Crippen molar-refractivity contribution in [2.75, 3.05) is 19.8 Å². The lowest BCUT2D eigenvalue weighted by molar-refractivity contribution is 0.0996. The zero-order chi connectivity index (χ0) is 50.9. The van der Waals surface area contributed by atoms with Gasteiger partial charge >= 0.3 is 0 Å². The van der Waals surface area contributed by atoms with Gasteiger partial charge < -0.3 is 24.5 Å². The highest BCUT2D eigenvalue weighted by molar-refractivity contribution is 5.59. The largest absolute Gasteiger partial charge is 0.493 e. The normalized spacial score (nSPS) is 15.5. The van der Waals surface area contributed by atoms with Crippen LogP contribution in [-0.2, 0) is 17.3 Å². The lowest BCUT2D eigenvalue weighted by atomic mass is 9.70. The molecule has 0 radical (unpaired) electrons. The Morgan fingerprint density at radius 2 is 1.00 bits per heavy atom. The van der Waals surface area contributed by atoms with Gasteiger partial charge in [0.2, 0.25) is 6.54 Å². The Labute approximate surface area is 426 Å². The molecule has 0 amide bonds. The summed E-state index contributed by atoms with van der Waals surface area (Å²) in [5.74, 6) is 2.64. The number of aryl methyl sites for hydroxylation is 5. The summed E-state index contributed by atoms with van der Waals surface area (Å²) in [4.78, 5) is 3.41. The van der Waals surface area contributed by atoms with Crippen molar-refractivity contribution >= 4 is 12.2 Å². The van der Waals surface area contributed by atoms with Gasteiger partial charge in [0.1, 0.15) is 11.5 Å². The molecule has 5 aromatic rings. The Bertz CT molecular complexity index is 2550. The zero-order valence-corrected chi connectivity index (χ0v) is 44.4. The summed E-state index contributed by atoms with van der Waals surface area (Å²) in [6, 6.07) is 27.0. The summed E-state index contributed by atoms with van der Waals surface area (Å²) in [5, 5.41) is 35.5. The molecule has 7 rings (SSSR count). The second kappa shape index (κ2) is 25.7. The van der Waals surface area contributed by atoms with E-state index in [2.05, 4.69) is 166 Å². The zero-order valence-electron chi connectivity index (χ0n) is 44.4. The monoisotopic (exact) mass is 962 g/mol. The molecule has 0 bridgehead atoms. The molecule has 2 saturated carbocycles. The third kappa shape index (κ3) is 13.9. The summed E-state index contributed by atoms with van der Waals surface area (Å²) in [6.45, 7) is 26.5. The Morgan fingerprint density at radius 3 is 1.37 bits per heavy atom. The van der Waals surface area contributed by atoms with E-state index in [4.69, 9.17) is 16.0 Å². The van der Waals surface area contributed by atoms with Crippen LogP contribution in [0.25, 0.3) is 17.0 Å². The van der Waals surface area contributed by atoms with Crippen LogP contribution >= 0.6 is 0 Å². The van der Waals surface area contributed by atoms with E-state index in [9.17, 15) is 10.2 Å². The fraction of sp³-hybridized carbons (Fsp3) is 0.516. The lowest BCUT2D eigenvalue weighted by Gasteiger charge is -2.34. The number of tetrazole rings is 1. The van der Waals surface area contributed by atoms with Gasteiger partial charge in [0.25, 0.3) is 0 Å². The Kier molecular flexibility index (Phi) is 19.8. The maximum Gasteiger partial charge on any atom is 0.214 e. The van der Waals surface area contributed by atoms with Crippen LogP contribution in [0.15, 0.2) is 84.9 Å². The first-order valence-corrected chi connectivity index (χ1v) is 26.9. The van der Waals surface area contributed by atoms with Crippen LogP contribution in [0.4, 0.5) is 0 Å². The van der Waals surface area contributed by atoms with Crippen molar-refractivity contribution in [1.29, 1.82) is 0 Å². The maximum absolute atomic E-state index is 10.7. The molecule has 9 heteroatoms. The summed E-state index contributed by atoms with van der Waals surface area (Å²) in [7, 11) is 0. The molecule has 3 N–H and O–H groups in total. The molecule has 0 aliphatic heterocycles. The van der Waals surface area contributed by atoms with Crippen molar-refractivity contribution < 1.29 is 19.7 Å². The van der Waals surface area contributed by atoms with Crippen molar-refractivity contribution in [2.24, 2.45) is 0 Å². The predicted molar refractivity (Wildman–Crippen MR) is 291 cm³/mol. The number of benzene rings is 4. The van der Waals surface area contributed by atoms with Crippen molar-refractivity contribution in [3.05, 3.63) is 158 Å². The standard InChI is InChI=1S/C31H42N4O2.C31H41NO2/c1-5-31(6-2,26-13-12-25(23(3)21-26)16-19-30(36)17-8-9-18-30)27-14-15-28(24(4)22-27)37-20-10-7-11-29-32-34-35-33-29;1-6-31(7-2,28-14-15-29(25(4)23-28)34-21-11-10-20-32-5)27-13-12-26(24(3)22-27)16-19-30(33)17-8-9-18-30/h12-16,19,21-22,36H,5-11,17-18,20H2,1-4H3,(H,32,33,34,35);12-16,19,22-23,33H,6-11,17-18,20-21H2,1-4H3/b2*19-16+. The summed E-state index contributed by atoms with van der Waals surface area (Å²) < 4.78 is 12.1. The van der Waals surface area contributed by atoms with E-state index in [0.717, 1.165) is 132 Å². The molecular formula is C62H83N5O4. The molecule has 1 heterocycles. The van der Waals surface area contributed by atoms with Gasteiger partial charge in [-0.1, -0.05) is 144 Å². The highest BCUT2D eigenvalue weighted by Gasteiger charge is 2.34. The van der Waals surface area contributed by atoms with Crippen LogP contribution in [0.3, 0.4) is 0 Å². The number of nitrogens with zero attached hydrogens (tertiary/aromatic N) is 4. The van der Waals surface area contributed by atoms with Crippen LogP contribution in [0.5, 0.6) is 11.5 Å². The van der Waals surface area contributed by atoms with Gasteiger partial charge in [0, 0.05) is 23.7 Å². The number of rotatable bonds is 23. The van der Waals surface area contributed by atoms with Gasteiger partial charge in [-0.3, -0.25) is 0 Å². The van der Waals surface area contributed by atoms with Crippen LogP contribution < -0.4 is 9.47 Å². The summed E-state index contributed by atoms with van der Waals surface area (Å²) in [6.07, 6.45) is 24.8. The Hall–Kier alpha value is -5.56. The van der Waals surface area contributed by atoms with Crippen molar-refractivity contribution in [3.8, 4) is 11.5 Å². The number of aromatic amines is 1. The van der Waals surface area contributed by atoms with E-state index in [1.807, 2.05) is 12.2 Å². The average molecular weight is 962 g/mol. The molecule has 380 valence electrons. The van der Waals surface area contributed by atoms with Gasteiger partial charge in [-0.25, -0.2) is 6.57 Å². The van der Waals surface area contributed by atoms with E-state index in [0.29, 0.717) is 19.8 Å². The third-order valence-electron chi connectivity index (χ3n) is 16.0. The van der Waals surface area contributed by atoms with E-state index in [-0.39, 0.29) is 10.8 Å². The summed E-state index contributed by atoms with van der Waals surface area (Å²) in [5.41, 5.74) is 11.2. The first-order valence-electron chi connectivity index (χ1n) is 26.9. The molecule has 0 atom stereocenters. The van der Waals surface area contributed by atoms with Crippen LogP contribution in [0, 0.1) is 34.3 Å². The quantitative estimate of drug-likeness (QED) is 0.0441. The maximum atomic E-state index is 10.7. The molecule has 71 heavy (non-hydrogen) atoms. The minimum atomic E-state index is -0.628. The molecule has 2 aliphatic rings. The smallest absolute Gasteiger partial charge is 0.214 e. The second-order valence-corrected chi connectivity index (χ2v) is 20.5. The number of unbranched alkanes of at least 4 members (excludes halogenated alkanes) is 2. The van der Waals surface area contributed by atoms with Gasteiger partial charge in [-0.2, -0.15) is 5.21 Å². The molecule has 1 aromatic heterocycles. The van der Waals surface area contributed by atoms with Crippen molar-refractivity contribution in [3.63, 3.8) is 0 Å². The van der Waals surface area contributed by atoms with E-state index >= 15 is 0 Å². The van der Waals surface area contributed by atoms with Crippen molar-refractivity contribution in [2.45, 2.75) is 187 Å². The fourth-order valence-corrected chi connectivity index (χ4v) is 11.1. The third-order valence-corrected chi connectivity index (χ3v) is 16.0. The van der Waals surface area contributed by atoms with Gasteiger partial charge in [0.05, 0.1) is 24.4 Å². The Morgan fingerprint density at radius 1 is 0.592 bits per heavy atom. The topological polar surface area (TPSA) is 118 Å². The lowest BCUT2D eigenvalue weighted by Crippen LogP contribution is -2.26. The van der Waals surface area contributed by atoms with E-state index < -0.39 is 11.2 Å². The molecule has 0 unspecified atom stereocenters. The molecule has 0 saturated heterocycles. The number of nitrogens with one attached hydrogen (secondary N) is 1. The molecular weight excluding hydrogens is 879 g/mol. The highest BCUT2D eigenvalue weighted by atomic mass is 16.5. The van der Waals surface area contributed by atoms with E-state index in [1.165, 1.54) is 50.1 Å². The van der Waals surface area contributed by atoms with E-state index in [1.54, 1.807) is 0 Å². The second-order valence-electron chi connectivity index (χ2n) is 20.5. The number of hydrogen-bond donors (Lipinski definition) is 3. The summed E-state index contributed by atoms with van der Waals surface area (Å²) >= 11 is 0. The number of aliphatic hydroxyl groups is 2. The van der Waals surface area contributed by atoms with Gasteiger partial charge in [0.15, 0.2) is 5.82 Å². The van der Waals surface area contributed by atoms with Crippen LogP contribution in [0.1, 0.15) is 192 Å². The predicted octanol–water partition coefficient (Wildman–Crippen LogP) is 14.4. The molecule has 2 aliphatic carbocycles. The number of aromatic nitrogens is 4. The highest BCUT2D eigenvalue weighted by Crippen LogP contribution is 2.43. The fourth-order valence-electron chi connectivity index (χ4n) is 11.1. The minimum absolute atomic E-state index is 0.0461. The first-order chi connectivity index (χ1) is 34.3. The molecule has 0 spiro atoms.